The fourth-order valence-electron chi connectivity index (χ4n) is 2.88. The molecule has 0 aliphatic heterocycles. The summed E-state index contributed by atoms with van der Waals surface area (Å²) in [6.45, 7) is 0.556. The number of nitrogens with zero attached hydrogens (tertiary/aromatic N) is 1. The molecule has 0 saturated heterocycles. The Morgan fingerprint density at radius 1 is 0.852 bits per heavy atom. The predicted octanol–water partition coefficient (Wildman–Crippen LogP) is 3.34. The lowest BCUT2D eigenvalue weighted by Crippen LogP contribution is -2.37. The first-order chi connectivity index (χ1) is 13.2. The van der Waals surface area contributed by atoms with Crippen LogP contribution in [-0.2, 0) is 6.42 Å². The van der Waals surface area contributed by atoms with Crippen molar-refractivity contribution in [1.29, 1.82) is 0 Å². The zero-order valence-corrected chi connectivity index (χ0v) is 14.4. The molecule has 2 N–H and O–H groups in total. The van der Waals surface area contributed by atoms with Crippen LogP contribution < -0.4 is 21.5 Å². The molecule has 0 atom stereocenters. The van der Waals surface area contributed by atoms with Crippen molar-refractivity contribution >= 4 is 17.1 Å². The van der Waals surface area contributed by atoms with Gasteiger partial charge in [-0.3, -0.25) is 14.6 Å². The van der Waals surface area contributed by atoms with Crippen LogP contribution in [0.25, 0.3) is 11.1 Å². The molecule has 0 aliphatic rings. The van der Waals surface area contributed by atoms with Crippen LogP contribution in [0.3, 0.4) is 0 Å². The summed E-state index contributed by atoms with van der Waals surface area (Å²) in [5.74, 6) is 0. The predicted molar refractivity (Wildman–Crippen MR) is 105 cm³/mol. The van der Waals surface area contributed by atoms with Crippen molar-refractivity contribution in [2.24, 2.45) is 0 Å². The van der Waals surface area contributed by atoms with Crippen LogP contribution >= 0.6 is 0 Å². The van der Waals surface area contributed by atoms with Gasteiger partial charge in [-0.15, -0.1) is 0 Å². The molecule has 6 heteroatoms. The topological polar surface area (TPSA) is 84.2 Å². The fourth-order valence-corrected chi connectivity index (χ4v) is 2.88. The number of nitrogens with one attached hydrogen (secondary N) is 2. The van der Waals surface area contributed by atoms with Gasteiger partial charge in [0.2, 0.25) is 0 Å². The number of aromatic nitrogens is 1. The smallest absolute Gasteiger partial charge is 0.253 e. The Morgan fingerprint density at radius 3 is 2.30 bits per heavy atom. The van der Waals surface area contributed by atoms with E-state index < -0.39 is 10.9 Å². The average Bonchev–Trinajstić information content (AvgIpc) is 3.26. The number of hydrogen-bond donors (Lipinski definition) is 2. The number of hydrogen-bond acceptors (Lipinski definition) is 6. The molecule has 134 valence electrons. The van der Waals surface area contributed by atoms with Crippen LogP contribution in [0, 0.1) is 0 Å². The maximum Gasteiger partial charge on any atom is 0.253 e. The molecule has 4 rings (SSSR count). The summed E-state index contributed by atoms with van der Waals surface area (Å²) < 4.78 is 5.10. The largest absolute Gasteiger partial charge is 0.472 e. The van der Waals surface area contributed by atoms with Crippen molar-refractivity contribution in [3.63, 3.8) is 0 Å². The summed E-state index contributed by atoms with van der Waals surface area (Å²) in [5.41, 5.74) is 3.64. The molecule has 0 unspecified atom stereocenters. The minimum absolute atomic E-state index is 0.307. The molecule has 0 fully saturated rings. The second-order valence-electron chi connectivity index (χ2n) is 6.15. The number of rotatable bonds is 7. The molecular weight excluding hydrogens is 342 g/mol. The fraction of sp³-hybridized carbons (Fsp3) is 0.0952. The summed E-state index contributed by atoms with van der Waals surface area (Å²) >= 11 is 0. The Bertz CT molecular complexity index is 1090. The van der Waals surface area contributed by atoms with Crippen molar-refractivity contribution in [2.45, 2.75) is 6.42 Å². The van der Waals surface area contributed by atoms with Gasteiger partial charge in [-0.1, -0.05) is 24.3 Å². The minimum atomic E-state index is -0.501. The zero-order chi connectivity index (χ0) is 18.6. The van der Waals surface area contributed by atoms with E-state index in [0.29, 0.717) is 17.9 Å². The van der Waals surface area contributed by atoms with Gasteiger partial charge >= 0.3 is 0 Å². The summed E-state index contributed by atoms with van der Waals surface area (Å²) in [5, 5.41) is 6.05. The highest BCUT2D eigenvalue weighted by molar-refractivity contribution is 5.78. The van der Waals surface area contributed by atoms with Gasteiger partial charge in [0.15, 0.2) is 0 Å². The van der Waals surface area contributed by atoms with Crippen LogP contribution in [0.15, 0.2) is 81.4 Å². The molecule has 27 heavy (non-hydrogen) atoms. The highest BCUT2D eigenvalue weighted by atomic mass is 16.3. The maximum absolute atomic E-state index is 11.8. The quantitative estimate of drug-likeness (QED) is 0.493. The minimum Gasteiger partial charge on any atom is -0.472 e. The lowest BCUT2D eigenvalue weighted by atomic mass is 10.1. The van der Waals surface area contributed by atoms with E-state index in [0.717, 1.165) is 28.8 Å². The van der Waals surface area contributed by atoms with E-state index in [1.54, 1.807) is 37.1 Å². The van der Waals surface area contributed by atoms with E-state index in [4.69, 9.17) is 4.42 Å². The Balaban J connectivity index is 1.38. The molecule has 0 spiro atoms. The van der Waals surface area contributed by atoms with Gasteiger partial charge in [-0.05, 0) is 35.7 Å². The summed E-state index contributed by atoms with van der Waals surface area (Å²) in [4.78, 5) is 27.6. The molecule has 2 aromatic heterocycles. The van der Waals surface area contributed by atoms with Gasteiger partial charge in [-0.25, -0.2) is 0 Å². The molecule has 0 amide bonds. The third-order valence-corrected chi connectivity index (χ3v) is 4.38. The Kier molecular flexibility index (Phi) is 4.53. The van der Waals surface area contributed by atoms with Crippen LogP contribution in [0.5, 0.6) is 0 Å². The number of pyridine rings is 1. The van der Waals surface area contributed by atoms with Crippen molar-refractivity contribution < 1.29 is 4.42 Å². The van der Waals surface area contributed by atoms with Gasteiger partial charge in [0.05, 0.1) is 12.5 Å². The molecule has 0 saturated carbocycles. The number of benzene rings is 1. The van der Waals surface area contributed by atoms with E-state index in [9.17, 15) is 9.59 Å². The first-order valence-electron chi connectivity index (χ1n) is 8.58. The van der Waals surface area contributed by atoms with Crippen LogP contribution in [-0.4, -0.2) is 11.5 Å². The zero-order valence-electron chi connectivity index (χ0n) is 14.4. The molecule has 0 bridgehead atoms. The van der Waals surface area contributed by atoms with Gasteiger partial charge < -0.3 is 15.1 Å². The Hall–Kier alpha value is -3.67. The maximum atomic E-state index is 11.8. The van der Waals surface area contributed by atoms with Crippen LogP contribution in [0.1, 0.15) is 5.56 Å². The van der Waals surface area contributed by atoms with Gasteiger partial charge in [0.1, 0.15) is 11.4 Å². The molecule has 6 nitrogen and oxygen atoms in total. The van der Waals surface area contributed by atoms with E-state index in [1.165, 1.54) is 0 Å². The molecule has 2 aromatic carbocycles. The number of anilines is 3. The Labute approximate surface area is 155 Å². The lowest BCUT2D eigenvalue weighted by molar-refractivity contribution is 0.568. The van der Waals surface area contributed by atoms with Crippen molar-refractivity contribution in [3.8, 4) is 11.1 Å². The SMILES string of the molecule is O=c1c(NCCc2ccc(-c3ccoc3)cc2)c(Nc2ccncc2)c1=O. The van der Waals surface area contributed by atoms with Crippen LogP contribution in [0.2, 0.25) is 0 Å². The molecule has 0 aliphatic carbocycles. The van der Waals surface area contributed by atoms with Crippen LogP contribution in [0.4, 0.5) is 17.1 Å². The van der Waals surface area contributed by atoms with E-state index in [1.807, 2.05) is 30.3 Å². The molecular formula is C21H17N3O3. The van der Waals surface area contributed by atoms with Gasteiger partial charge in [-0.2, -0.15) is 0 Å². The molecule has 4 aromatic rings. The van der Waals surface area contributed by atoms with E-state index in [-0.39, 0.29) is 0 Å². The Morgan fingerprint density at radius 2 is 1.59 bits per heavy atom. The number of furan rings is 1. The highest BCUT2D eigenvalue weighted by Gasteiger charge is 2.20. The van der Waals surface area contributed by atoms with Crippen molar-refractivity contribution in [3.05, 3.63) is 93.4 Å². The van der Waals surface area contributed by atoms with Gasteiger partial charge in [0.25, 0.3) is 10.9 Å². The molecule has 2 heterocycles. The third kappa shape index (κ3) is 3.50. The van der Waals surface area contributed by atoms with E-state index in [2.05, 4.69) is 15.6 Å². The second-order valence-corrected chi connectivity index (χ2v) is 6.15. The summed E-state index contributed by atoms with van der Waals surface area (Å²) in [7, 11) is 0. The highest BCUT2D eigenvalue weighted by Crippen LogP contribution is 2.21. The second kappa shape index (κ2) is 7.29. The monoisotopic (exact) mass is 359 g/mol. The third-order valence-electron chi connectivity index (χ3n) is 4.38. The van der Waals surface area contributed by atoms with Crippen molar-refractivity contribution in [2.75, 3.05) is 17.2 Å². The standard InChI is InChI=1S/C21H17N3O3/c25-20-18(19(21(20)26)24-17-6-9-22-10-7-17)23-11-5-14-1-3-15(4-2-14)16-8-12-27-13-16/h1-4,6-10,12-13,23H,5,11H2,(H,22,24). The first-order valence-corrected chi connectivity index (χ1v) is 8.58. The summed E-state index contributed by atoms with van der Waals surface area (Å²) in [6, 6.07) is 13.6. The first kappa shape index (κ1) is 16.8. The normalized spacial score (nSPS) is 10.8. The van der Waals surface area contributed by atoms with E-state index >= 15 is 0 Å². The van der Waals surface area contributed by atoms with Gasteiger partial charge in [0, 0.05) is 30.2 Å². The average molecular weight is 359 g/mol. The molecule has 0 radical (unpaired) electrons. The van der Waals surface area contributed by atoms with Crippen molar-refractivity contribution in [1.82, 2.24) is 4.98 Å². The summed E-state index contributed by atoms with van der Waals surface area (Å²) in [6.07, 6.45) is 7.33. The lowest BCUT2D eigenvalue weighted by Gasteiger charge is -2.14.